The maximum atomic E-state index is 12.4. The summed E-state index contributed by atoms with van der Waals surface area (Å²) in [4.78, 5) is 24.4. The largest absolute Gasteiger partial charge is 0.486 e. The minimum absolute atomic E-state index is 0.00195. The summed E-state index contributed by atoms with van der Waals surface area (Å²) in [6.45, 7) is -0.556. The van der Waals surface area contributed by atoms with Crippen LogP contribution >= 0.6 is 11.6 Å². The Kier molecular flexibility index (Phi) is 7.36. The second-order valence-corrected chi connectivity index (χ2v) is 8.29. The summed E-state index contributed by atoms with van der Waals surface area (Å²) < 4.78 is 40.6. The lowest BCUT2D eigenvalue weighted by atomic mass is 10.3. The summed E-state index contributed by atoms with van der Waals surface area (Å²) in [6.07, 6.45) is 0. The lowest BCUT2D eigenvalue weighted by Gasteiger charge is -2.10. The van der Waals surface area contributed by atoms with Gasteiger partial charge in [0, 0.05) is 0 Å². The van der Waals surface area contributed by atoms with E-state index in [1.165, 1.54) is 18.2 Å². The zero-order valence-corrected chi connectivity index (χ0v) is 17.9. The minimum Gasteiger partial charge on any atom is -0.486 e. The number of hydrogen-bond acceptors (Lipinski definition) is 7. The number of carbonyl (C=O) groups excluding carboxylic acids is 1. The highest BCUT2D eigenvalue weighted by molar-refractivity contribution is 7.89. The number of carboxylic acid groups (broad SMARTS) is 1. The van der Waals surface area contributed by atoms with Crippen LogP contribution in [0.1, 0.15) is 16.3 Å². The van der Waals surface area contributed by atoms with Gasteiger partial charge in [0.15, 0.2) is 12.4 Å². The standard InChI is InChI=1S/C20H17ClN2O8S/c21-16-10-15(7-9-17(16)30-12-19(24)25)32(27,28)23-22-20(26)18-8-6-14(31-18)11-29-13-4-2-1-3-5-13/h1-10,23H,11-12H2,(H,22,26)(H,24,25). The molecule has 12 heteroatoms. The average Bonchev–Trinajstić information content (AvgIpc) is 3.25. The maximum Gasteiger partial charge on any atom is 0.341 e. The van der Waals surface area contributed by atoms with Crippen molar-refractivity contribution in [2.24, 2.45) is 0 Å². The van der Waals surface area contributed by atoms with Crippen LogP contribution in [0.2, 0.25) is 5.02 Å². The number of sulfonamides is 1. The van der Waals surface area contributed by atoms with E-state index in [0.29, 0.717) is 11.5 Å². The van der Waals surface area contributed by atoms with Gasteiger partial charge < -0.3 is 19.0 Å². The van der Waals surface area contributed by atoms with Gasteiger partial charge in [-0.25, -0.2) is 13.2 Å². The van der Waals surface area contributed by atoms with Gasteiger partial charge in [-0.2, -0.15) is 0 Å². The number of carboxylic acids is 1. The van der Waals surface area contributed by atoms with Crippen molar-refractivity contribution in [3.63, 3.8) is 0 Å². The fourth-order valence-electron chi connectivity index (χ4n) is 2.39. The Hall–Kier alpha value is -3.54. The molecule has 2 aromatic carbocycles. The van der Waals surface area contributed by atoms with Crippen LogP contribution in [0.5, 0.6) is 11.5 Å². The molecule has 0 fully saturated rings. The summed E-state index contributed by atoms with van der Waals surface area (Å²) in [7, 11) is -4.18. The molecular weight excluding hydrogens is 464 g/mol. The zero-order chi connectivity index (χ0) is 23.1. The molecule has 10 nitrogen and oxygen atoms in total. The van der Waals surface area contributed by atoms with Crippen molar-refractivity contribution in [2.45, 2.75) is 11.5 Å². The fraction of sp³-hybridized carbons (Fsp3) is 0.100. The summed E-state index contributed by atoms with van der Waals surface area (Å²) in [5, 5.41) is 8.50. The van der Waals surface area contributed by atoms with E-state index in [1.807, 2.05) is 28.5 Å². The smallest absolute Gasteiger partial charge is 0.341 e. The lowest BCUT2D eigenvalue weighted by Crippen LogP contribution is -2.41. The van der Waals surface area contributed by atoms with Crippen LogP contribution in [0, 0.1) is 0 Å². The molecule has 0 saturated heterocycles. The molecule has 0 unspecified atom stereocenters. The van der Waals surface area contributed by atoms with Gasteiger partial charge >= 0.3 is 11.9 Å². The lowest BCUT2D eigenvalue weighted by molar-refractivity contribution is -0.139. The van der Waals surface area contributed by atoms with Gasteiger partial charge in [0.2, 0.25) is 0 Å². The molecule has 3 rings (SSSR count). The molecule has 1 heterocycles. The van der Waals surface area contributed by atoms with E-state index in [2.05, 4.69) is 0 Å². The first-order valence-electron chi connectivity index (χ1n) is 8.97. The first kappa shape index (κ1) is 23.1. The number of para-hydroxylation sites is 1. The fourth-order valence-corrected chi connectivity index (χ4v) is 3.55. The third-order valence-corrected chi connectivity index (χ3v) is 5.41. The molecule has 0 atom stereocenters. The van der Waals surface area contributed by atoms with Crippen LogP contribution in [-0.2, 0) is 21.4 Å². The summed E-state index contributed by atoms with van der Waals surface area (Å²) in [5.74, 6) is -1.18. The van der Waals surface area contributed by atoms with Crippen molar-refractivity contribution in [1.29, 1.82) is 0 Å². The second-order valence-electron chi connectivity index (χ2n) is 6.20. The van der Waals surface area contributed by atoms with Crippen molar-refractivity contribution >= 4 is 33.5 Å². The van der Waals surface area contributed by atoms with E-state index in [4.69, 9.17) is 30.6 Å². The molecule has 0 bridgehead atoms. The Morgan fingerprint density at radius 2 is 1.78 bits per heavy atom. The number of ether oxygens (including phenoxy) is 2. The van der Waals surface area contributed by atoms with Gasteiger partial charge in [0.05, 0.1) is 9.92 Å². The van der Waals surface area contributed by atoms with Crippen LogP contribution in [0.4, 0.5) is 0 Å². The molecule has 168 valence electrons. The van der Waals surface area contributed by atoms with E-state index >= 15 is 0 Å². The number of rotatable bonds is 10. The number of carbonyl (C=O) groups is 2. The van der Waals surface area contributed by atoms with Crippen molar-refractivity contribution in [3.8, 4) is 11.5 Å². The Labute approximate surface area is 187 Å². The third kappa shape index (κ3) is 6.23. The van der Waals surface area contributed by atoms with Gasteiger partial charge in [0.25, 0.3) is 10.0 Å². The Morgan fingerprint density at radius 3 is 2.47 bits per heavy atom. The Morgan fingerprint density at radius 1 is 1.03 bits per heavy atom. The van der Waals surface area contributed by atoms with Crippen molar-refractivity contribution < 1.29 is 37.0 Å². The van der Waals surface area contributed by atoms with E-state index in [0.717, 1.165) is 12.1 Å². The van der Waals surface area contributed by atoms with Gasteiger partial charge in [-0.1, -0.05) is 29.8 Å². The predicted octanol–water partition coefficient (Wildman–Crippen LogP) is 2.60. The van der Waals surface area contributed by atoms with E-state index in [1.54, 1.807) is 12.1 Å². The molecule has 0 aliphatic carbocycles. The molecule has 1 aromatic heterocycles. The SMILES string of the molecule is O=C(O)COc1ccc(S(=O)(=O)NNC(=O)c2ccc(COc3ccccc3)o2)cc1Cl. The highest BCUT2D eigenvalue weighted by Crippen LogP contribution is 2.27. The number of benzene rings is 2. The first-order chi connectivity index (χ1) is 15.2. The molecule has 0 radical (unpaired) electrons. The number of halogens is 1. The quantitative estimate of drug-likeness (QED) is 0.375. The van der Waals surface area contributed by atoms with Gasteiger partial charge in [-0.15, -0.1) is 4.83 Å². The number of nitrogens with one attached hydrogen (secondary N) is 2. The molecule has 0 aliphatic rings. The molecule has 0 saturated carbocycles. The number of hydrogen-bond donors (Lipinski definition) is 3. The van der Waals surface area contributed by atoms with Crippen LogP contribution in [0.25, 0.3) is 0 Å². The van der Waals surface area contributed by atoms with Crippen LogP contribution in [-0.4, -0.2) is 32.0 Å². The normalized spacial score (nSPS) is 11.0. The molecule has 3 aromatic rings. The number of aliphatic carboxylic acids is 1. The Balaban J connectivity index is 1.57. The molecule has 1 amide bonds. The number of amides is 1. The van der Waals surface area contributed by atoms with Crippen LogP contribution in [0.3, 0.4) is 0 Å². The monoisotopic (exact) mass is 480 g/mol. The van der Waals surface area contributed by atoms with Gasteiger partial charge in [-0.3, -0.25) is 10.2 Å². The number of furan rings is 1. The van der Waals surface area contributed by atoms with Crippen LogP contribution < -0.4 is 19.7 Å². The minimum atomic E-state index is -4.18. The summed E-state index contributed by atoms with van der Waals surface area (Å²) in [5.41, 5.74) is 2.04. The topological polar surface area (TPSA) is 144 Å². The molecular formula is C20H17ClN2O8S. The molecule has 32 heavy (non-hydrogen) atoms. The maximum absolute atomic E-state index is 12.4. The van der Waals surface area contributed by atoms with Gasteiger partial charge in [0.1, 0.15) is 23.9 Å². The first-order valence-corrected chi connectivity index (χ1v) is 10.8. The molecule has 0 aliphatic heterocycles. The van der Waals surface area contributed by atoms with Crippen LogP contribution in [0.15, 0.2) is 70.0 Å². The number of hydrazine groups is 1. The van der Waals surface area contributed by atoms with E-state index < -0.39 is 28.5 Å². The van der Waals surface area contributed by atoms with Crippen molar-refractivity contribution in [2.75, 3.05) is 6.61 Å². The third-order valence-electron chi connectivity index (χ3n) is 3.87. The van der Waals surface area contributed by atoms with Gasteiger partial charge in [-0.05, 0) is 42.5 Å². The van der Waals surface area contributed by atoms with Crippen molar-refractivity contribution in [1.82, 2.24) is 10.3 Å². The molecule has 0 spiro atoms. The Bertz CT molecular complexity index is 1210. The average molecular weight is 481 g/mol. The highest BCUT2D eigenvalue weighted by Gasteiger charge is 2.19. The highest BCUT2D eigenvalue weighted by atomic mass is 35.5. The van der Waals surface area contributed by atoms with Crippen molar-refractivity contribution in [3.05, 3.63) is 77.2 Å². The summed E-state index contributed by atoms with van der Waals surface area (Å²) in [6, 6.07) is 15.3. The summed E-state index contributed by atoms with van der Waals surface area (Å²) >= 11 is 5.93. The predicted molar refractivity (Wildman–Crippen MR) is 112 cm³/mol. The van der Waals surface area contributed by atoms with E-state index in [9.17, 15) is 18.0 Å². The molecule has 3 N–H and O–H groups in total. The second kappa shape index (κ2) is 10.2. The zero-order valence-electron chi connectivity index (χ0n) is 16.3. The van der Waals surface area contributed by atoms with E-state index in [-0.39, 0.29) is 28.0 Å².